The van der Waals surface area contributed by atoms with Crippen molar-refractivity contribution >= 4 is 17.5 Å². The van der Waals surface area contributed by atoms with Crippen LogP contribution in [0.5, 0.6) is 0 Å². The van der Waals surface area contributed by atoms with Gasteiger partial charge in [0.25, 0.3) is 0 Å². The summed E-state index contributed by atoms with van der Waals surface area (Å²) in [6, 6.07) is 1.18. The summed E-state index contributed by atoms with van der Waals surface area (Å²) in [5.74, 6) is 6.68. The molecule has 0 radical (unpaired) electrons. The molecule has 0 bridgehead atoms. The number of hydrogen-bond donors (Lipinski definition) is 4. The fraction of sp³-hybridized carbons (Fsp3) is 0.615. The summed E-state index contributed by atoms with van der Waals surface area (Å²) in [5, 5.41) is 5.92. The maximum absolute atomic E-state index is 12.0. The van der Waals surface area contributed by atoms with Gasteiger partial charge in [-0.3, -0.25) is 4.79 Å². The highest BCUT2D eigenvalue weighted by Crippen LogP contribution is 2.12. The van der Waals surface area contributed by atoms with E-state index in [2.05, 4.69) is 26.0 Å². The van der Waals surface area contributed by atoms with Crippen LogP contribution in [-0.2, 0) is 16.1 Å². The first kappa shape index (κ1) is 17.1. The number of amides is 1. The molecule has 0 aromatic carbocycles. The number of nitrogens with two attached hydrogens (primary N) is 1. The molecule has 118 valence electrons. The molecular formula is C13H24N6O2. The second kappa shape index (κ2) is 7.19. The number of ether oxygens (including phenoxy) is 1. The van der Waals surface area contributed by atoms with Gasteiger partial charge in [-0.1, -0.05) is 0 Å². The molecule has 21 heavy (non-hydrogen) atoms. The molecular weight excluding hydrogens is 272 g/mol. The van der Waals surface area contributed by atoms with Crippen LogP contribution in [0.1, 0.15) is 33.5 Å². The summed E-state index contributed by atoms with van der Waals surface area (Å²) in [4.78, 5) is 20.5. The van der Waals surface area contributed by atoms with E-state index in [4.69, 9.17) is 10.6 Å². The van der Waals surface area contributed by atoms with Crippen LogP contribution in [0.15, 0.2) is 6.07 Å². The molecule has 1 atom stereocenters. The van der Waals surface area contributed by atoms with Gasteiger partial charge in [0, 0.05) is 18.7 Å². The van der Waals surface area contributed by atoms with Crippen LogP contribution in [0, 0.1) is 0 Å². The quantitative estimate of drug-likeness (QED) is 0.449. The van der Waals surface area contributed by atoms with E-state index in [0.717, 1.165) is 0 Å². The Labute approximate surface area is 124 Å². The third-order valence-electron chi connectivity index (χ3n) is 2.45. The Kier molecular flexibility index (Phi) is 5.86. The number of nitrogens with one attached hydrogen (secondary N) is 3. The van der Waals surface area contributed by atoms with Crippen molar-refractivity contribution in [1.82, 2.24) is 15.3 Å². The standard InChI is InChI=1S/C13H24N6O2/c1-8(12(20)18-13(2,3)4)15-9-6-10(19-14)17-11(16-9)7-21-5/h6,8H,7,14H2,1-5H3,(H,18,20)(H2,15,16,17,19). The smallest absolute Gasteiger partial charge is 0.242 e. The van der Waals surface area contributed by atoms with Crippen molar-refractivity contribution in [2.45, 2.75) is 45.9 Å². The first-order valence-corrected chi connectivity index (χ1v) is 6.67. The normalized spacial score (nSPS) is 12.7. The van der Waals surface area contributed by atoms with Gasteiger partial charge in [0.15, 0.2) is 5.82 Å². The molecule has 0 saturated carbocycles. The highest BCUT2D eigenvalue weighted by atomic mass is 16.5. The molecule has 0 saturated heterocycles. The number of hydrogen-bond acceptors (Lipinski definition) is 7. The number of hydrazine groups is 1. The first-order valence-electron chi connectivity index (χ1n) is 6.67. The lowest BCUT2D eigenvalue weighted by atomic mass is 10.1. The Hall–Kier alpha value is -1.93. The minimum Gasteiger partial charge on any atom is -0.377 e. The molecule has 1 aromatic rings. The van der Waals surface area contributed by atoms with Gasteiger partial charge >= 0.3 is 0 Å². The number of carbonyl (C=O) groups excluding carboxylic acids is 1. The zero-order valence-corrected chi connectivity index (χ0v) is 13.2. The Balaban J connectivity index is 2.81. The molecule has 8 heteroatoms. The molecule has 1 heterocycles. The Morgan fingerprint density at radius 1 is 1.38 bits per heavy atom. The van der Waals surface area contributed by atoms with E-state index in [9.17, 15) is 4.79 Å². The highest BCUT2D eigenvalue weighted by molar-refractivity contribution is 5.84. The molecule has 1 rings (SSSR count). The van der Waals surface area contributed by atoms with E-state index in [0.29, 0.717) is 17.5 Å². The molecule has 1 amide bonds. The largest absolute Gasteiger partial charge is 0.377 e. The molecule has 5 N–H and O–H groups in total. The zero-order valence-electron chi connectivity index (χ0n) is 13.2. The van der Waals surface area contributed by atoms with E-state index in [1.165, 1.54) is 0 Å². The van der Waals surface area contributed by atoms with Crippen molar-refractivity contribution in [2.24, 2.45) is 5.84 Å². The third kappa shape index (κ3) is 5.92. The summed E-state index contributed by atoms with van der Waals surface area (Å²) in [5.41, 5.74) is 2.17. The van der Waals surface area contributed by atoms with Gasteiger partial charge in [0.2, 0.25) is 5.91 Å². The number of nitrogens with zero attached hydrogens (tertiary/aromatic N) is 2. The monoisotopic (exact) mass is 296 g/mol. The van der Waals surface area contributed by atoms with Crippen LogP contribution in [0.2, 0.25) is 0 Å². The number of nitrogen functional groups attached to an aromatic ring is 1. The van der Waals surface area contributed by atoms with Crippen molar-refractivity contribution in [3.05, 3.63) is 11.9 Å². The summed E-state index contributed by atoms with van der Waals surface area (Å²) >= 11 is 0. The van der Waals surface area contributed by atoms with Gasteiger partial charge in [-0.25, -0.2) is 15.8 Å². The van der Waals surface area contributed by atoms with Gasteiger partial charge in [-0.05, 0) is 27.7 Å². The zero-order chi connectivity index (χ0) is 16.0. The van der Waals surface area contributed by atoms with E-state index < -0.39 is 6.04 Å². The fourth-order valence-electron chi connectivity index (χ4n) is 1.60. The van der Waals surface area contributed by atoms with E-state index in [-0.39, 0.29) is 18.1 Å². The molecule has 8 nitrogen and oxygen atoms in total. The van der Waals surface area contributed by atoms with Crippen molar-refractivity contribution in [2.75, 3.05) is 17.9 Å². The van der Waals surface area contributed by atoms with Gasteiger partial charge in [0.05, 0.1) is 0 Å². The summed E-state index contributed by atoms with van der Waals surface area (Å²) in [6.45, 7) is 7.79. The average molecular weight is 296 g/mol. The lowest BCUT2D eigenvalue weighted by Crippen LogP contribution is -2.47. The molecule has 0 aliphatic rings. The van der Waals surface area contributed by atoms with E-state index in [1.54, 1.807) is 20.1 Å². The summed E-state index contributed by atoms with van der Waals surface area (Å²) in [7, 11) is 1.55. The van der Waals surface area contributed by atoms with Crippen molar-refractivity contribution in [3.63, 3.8) is 0 Å². The maximum atomic E-state index is 12.0. The minimum atomic E-state index is -0.444. The topological polar surface area (TPSA) is 114 Å². The Bertz CT molecular complexity index is 486. The predicted octanol–water partition coefficient (Wildman–Crippen LogP) is 0.624. The lowest BCUT2D eigenvalue weighted by Gasteiger charge is -2.24. The number of aromatic nitrogens is 2. The maximum Gasteiger partial charge on any atom is 0.242 e. The SMILES string of the molecule is COCc1nc(NN)cc(NC(C)C(=O)NC(C)(C)C)n1. The molecule has 0 aliphatic carbocycles. The van der Waals surface area contributed by atoms with Crippen molar-refractivity contribution < 1.29 is 9.53 Å². The van der Waals surface area contributed by atoms with Crippen LogP contribution in [0.4, 0.5) is 11.6 Å². The van der Waals surface area contributed by atoms with Crippen molar-refractivity contribution in [3.8, 4) is 0 Å². The number of methoxy groups -OCH3 is 1. The van der Waals surface area contributed by atoms with E-state index in [1.807, 2.05) is 20.8 Å². The molecule has 0 spiro atoms. The second-order valence-electron chi connectivity index (χ2n) is 5.74. The minimum absolute atomic E-state index is 0.114. The van der Waals surface area contributed by atoms with Crippen LogP contribution in [0.25, 0.3) is 0 Å². The predicted molar refractivity (Wildman–Crippen MR) is 81.5 cm³/mol. The lowest BCUT2D eigenvalue weighted by molar-refractivity contribution is -0.122. The first-order chi connectivity index (χ1) is 9.75. The summed E-state index contributed by atoms with van der Waals surface area (Å²) < 4.78 is 5.00. The Morgan fingerprint density at radius 3 is 2.52 bits per heavy atom. The second-order valence-corrected chi connectivity index (χ2v) is 5.74. The summed E-state index contributed by atoms with van der Waals surface area (Å²) in [6.07, 6.45) is 0. The van der Waals surface area contributed by atoms with Gasteiger partial charge < -0.3 is 20.8 Å². The van der Waals surface area contributed by atoms with Crippen LogP contribution < -0.4 is 21.9 Å². The number of rotatable bonds is 6. The molecule has 1 aromatic heterocycles. The fourth-order valence-corrected chi connectivity index (χ4v) is 1.60. The molecule has 0 fully saturated rings. The van der Waals surface area contributed by atoms with Gasteiger partial charge in [-0.15, -0.1) is 0 Å². The molecule has 0 aliphatic heterocycles. The number of anilines is 2. The average Bonchev–Trinajstić information content (AvgIpc) is 2.36. The highest BCUT2D eigenvalue weighted by Gasteiger charge is 2.19. The van der Waals surface area contributed by atoms with Crippen LogP contribution in [-0.4, -0.2) is 34.6 Å². The van der Waals surface area contributed by atoms with Gasteiger partial charge in [-0.2, -0.15) is 0 Å². The van der Waals surface area contributed by atoms with Crippen LogP contribution >= 0.6 is 0 Å². The van der Waals surface area contributed by atoms with E-state index >= 15 is 0 Å². The Morgan fingerprint density at radius 2 is 2.00 bits per heavy atom. The van der Waals surface area contributed by atoms with Crippen LogP contribution in [0.3, 0.4) is 0 Å². The van der Waals surface area contributed by atoms with Gasteiger partial charge in [0.1, 0.15) is 24.3 Å². The number of carbonyl (C=O) groups is 1. The third-order valence-corrected chi connectivity index (χ3v) is 2.45. The van der Waals surface area contributed by atoms with Crippen molar-refractivity contribution in [1.29, 1.82) is 0 Å². The molecule has 1 unspecified atom stereocenters.